The normalized spacial score (nSPS) is 11.6. The van der Waals surface area contributed by atoms with Crippen molar-refractivity contribution in [1.82, 2.24) is 10.7 Å². The lowest BCUT2D eigenvalue weighted by atomic mass is 10.0. The number of rotatable bonds is 10. The summed E-state index contributed by atoms with van der Waals surface area (Å²) in [6.07, 6.45) is 1.97. The SMILES string of the molecule is CC(C)CC(NC(=O)c1ccc(Cl)cc1)C(=O)N/N=C/c1ccc(OCc2ccccc2C#N)cc1. The number of halogens is 1. The molecule has 0 saturated heterocycles. The van der Waals surface area contributed by atoms with E-state index >= 15 is 0 Å². The summed E-state index contributed by atoms with van der Waals surface area (Å²) in [4.78, 5) is 25.3. The Labute approximate surface area is 215 Å². The Balaban J connectivity index is 1.55. The highest BCUT2D eigenvalue weighted by Crippen LogP contribution is 2.16. The second kappa shape index (κ2) is 13.1. The Hall–Kier alpha value is -4.15. The van der Waals surface area contributed by atoms with E-state index in [0.717, 1.165) is 11.1 Å². The second-order valence-electron chi connectivity index (χ2n) is 8.52. The maximum Gasteiger partial charge on any atom is 0.262 e. The van der Waals surface area contributed by atoms with Crippen molar-refractivity contribution in [2.45, 2.75) is 32.9 Å². The van der Waals surface area contributed by atoms with Crippen molar-refractivity contribution in [2.24, 2.45) is 11.0 Å². The lowest BCUT2D eigenvalue weighted by Crippen LogP contribution is -2.46. The van der Waals surface area contributed by atoms with Gasteiger partial charge in [-0.15, -0.1) is 0 Å². The van der Waals surface area contributed by atoms with Gasteiger partial charge >= 0.3 is 0 Å². The van der Waals surface area contributed by atoms with E-state index in [1.165, 1.54) is 6.21 Å². The summed E-state index contributed by atoms with van der Waals surface area (Å²) in [5.41, 5.74) is 5.08. The summed E-state index contributed by atoms with van der Waals surface area (Å²) in [5.74, 6) is 0.0663. The molecule has 1 atom stereocenters. The Kier molecular flexibility index (Phi) is 9.61. The maximum absolute atomic E-state index is 12.7. The van der Waals surface area contributed by atoms with Crippen LogP contribution in [0.25, 0.3) is 0 Å². The monoisotopic (exact) mass is 502 g/mol. The van der Waals surface area contributed by atoms with Crippen LogP contribution in [0.1, 0.15) is 47.3 Å². The minimum absolute atomic E-state index is 0.183. The number of hydrogen-bond donors (Lipinski definition) is 2. The third-order valence-corrected chi connectivity index (χ3v) is 5.49. The number of hydrogen-bond acceptors (Lipinski definition) is 5. The van der Waals surface area contributed by atoms with Crippen LogP contribution in [-0.2, 0) is 11.4 Å². The molecule has 1 unspecified atom stereocenters. The number of hydrazone groups is 1. The summed E-state index contributed by atoms with van der Waals surface area (Å²) < 4.78 is 5.77. The zero-order chi connectivity index (χ0) is 25.9. The first-order valence-electron chi connectivity index (χ1n) is 11.5. The van der Waals surface area contributed by atoms with E-state index in [0.29, 0.717) is 28.3 Å². The van der Waals surface area contributed by atoms with Crippen molar-refractivity contribution in [3.8, 4) is 11.8 Å². The quantitative estimate of drug-likeness (QED) is 0.298. The first kappa shape index (κ1) is 26.5. The average molecular weight is 503 g/mol. The Morgan fingerprint density at radius 2 is 1.75 bits per heavy atom. The van der Waals surface area contributed by atoms with Gasteiger partial charge in [0.1, 0.15) is 18.4 Å². The van der Waals surface area contributed by atoms with Crippen LogP contribution in [0.5, 0.6) is 5.75 Å². The van der Waals surface area contributed by atoms with Gasteiger partial charge in [0.05, 0.1) is 17.8 Å². The molecule has 3 aromatic carbocycles. The van der Waals surface area contributed by atoms with Gasteiger partial charge in [0.2, 0.25) is 0 Å². The van der Waals surface area contributed by atoms with Gasteiger partial charge in [0, 0.05) is 16.1 Å². The third-order valence-electron chi connectivity index (χ3n) is 5.24. The molecule has 0 radical (unpaired) electrons. The molecule has 0 aliphatic carbocycles. The van der Waals surface area contributed by atoms with Gasteiger partial charge < -0.3 is 10.1 Å². The molecule has 0 aliphatic heterocycles. The predicted molar refractivity (Wildman–Crippen MR) is 140 cm³/mol. The molecule has 3 rings (SSSR count). The van der Waals surface area contributed by atoms with E-state index in [4.69, 9.17) is 16.3 Å². The van der Waals surface area contributed by atoms with Crippen molar-refractivity contribution in [3.05, 3.63) is 100 Å². The summed E-state index contributed by atoms with van der Waals surface area (Å²) in [6, 6.07) is 22.3. The van der Waals surface area contributed by atoms with E-state index in [2.05, 4.69) is 21.9 Å². The molecule has 0 aliphatic rings. The molecule has 0 saturated carbocycles. The maximum atomic E-state index is 12.7. The summed E-state index contributed by atoms with van der Waals surface area (Å²) in [7, 11) is 0. The zero-order valence-electron chi connectivity index (χ0n) is 20.1. The van der Waals surface area contributed by atoms with Gasteiger partial charge in [-0.3, -0.25) is 9.59 Å². The minimum atomic E-state index is -0.739. The van der Waals surface area contributed by atoms with Gasteiger partial charge in [-0.25, -0.2) is 5.43 Å². The van der Waals surface area contributed by atoms with Crippen LogP contribution in [-0.4, -0.2) is 24.1 Å². The topological polar surface area (TPSA) is 104 Å². The third kappa shape index (κ3) is 7.97. The number of carbonyl (C=O) groups excluding carboxylic acids is 2. The Bertz CT molecular complexity index is 1250. The first-order valence-corrected chi connectivity index (χ1v) is 11.8. The highest BCUT2D eigenvalue weighted by Gasteiger charge is 2.22. The van der Waals surface area contributed by atoms with Crippen LogP contribution < -0.4 is 15.5 Å². The van der Waals surface area contributed by atoms with E-state index in [9.17, 15) is 14.9 Å². The molecule has 7 nitrogen and oxygen atoms in total. The van der Waals surface area contributed by atoms with E-state index in [-0.39, 0.29) is 18.4 Å². The number of nitrogens with one attached hydrogen (secondary N) is 2. The highest BCUT2D eigenvalue weighted by molar-refractivity contribution is 6.30. The van der Waals surface area contributed by atoms with Crippen molar-refractivity contribution >= 4 is 29.6 Å². The van der Waals surface area contributed by atoms with Gasteiger partial charge in [-0.05, 0) is 72.5 Å². The van der Waals surface area contributed by atoms with E-state index < -0.39 is 11.9 Å². The van der Waals surface area contributed by atoms with Crippen molar-refractivity contribution in [2.75, 3.05) is 0 Å². The average Bonchev–Trinajstić information content (AvgIpc) is 2.88. The molecule has 2 N–H and O–H groups in total. The number of nitriles is 1. The van der Waals surface area contributed by atoms with Crippen molar-refractivity contribution in [1.29, 1.82) is 5.26 Å². The van der Waals surface area contributed by atoms with E-state index in [1.807, 2.05) is 32.0 Å². The van der Waals surface area contributed by atoms with Crippen molar-refractivity contribution in [3.63, 3.8) is 0 Å². The fraction of sp³-hybridized carbons (Fsp3) is 0.214. The lowest BCUT2D eigenvalue weighted by Gasteiger charge is -2.19. The second-order valence-corrected chi connectivity index (χ2v) is 8.96. The number of carbonyl (C=O) groups is 2. The van der Waals surface area contributed by atoms with Crippen LogP contribution in [0.2, 0.25) is 5.02 Å². The van der Waals surface area contributed by atoms with Gasteiger partial charge in [0.15, 0.2) is 0 Å². The fourth-order valence-corrected chi connectivity index (χ4v) is 3.49. The predicted octanol–water partition coefficient (Wildman–Crippen LogP) is 5.09. The molecule has 2 amide bonds. The Morgan fingerprint density at radius 3 is 2.42 bits per heavy atom. The smallest absolute Gasteiger partial charge is 0.262 e. The minimum Gasteiger partial charge on any atom is -0.489 e. The molecule has 0 heterocycles. The summed E-state index contributed by atoms with van der Waals surface area (Å²) in [5, 5.41) is 16.5. The van der Waals surface area contributed by atoms with Crippen LogP contribution in [0.15, 0.2) is 77.9 Å². The van der Waals surface area contributed by atoms with Gasteiger partial charge in [-0.1, -0.05) is 43.6 Å². The standard InChI is InChI=1S/C28H27ClN4O3/c1-19(2)15-26(32-27(34)21-9-11-24(29)12-10-21)28(35)33-31-17-20-7-13-25(14-8-20)36-18-23-6-4-3-5-22(23)16-30/h3-14,17,19,26H,15,18H2,1-2H3,(H,32,34)(H,33,35)/b31-17+. The number of benzene rings is 3. The molecular formula is C28H27ClN4O3. The van der Waals surface area contributed by atoms with Crippen LogP contribution in [0.3, 0.4) is 0 Å². The van der Waals surface area contributed by atoms with Gasteiger partial charge in [0.25, 0.3) is 11.8 Å². The molecular weight excluding hydrogens is 476 g/mol. The zero-order valence-corrected chi connectivity index (χ0v) is 20.8. The molecule has 3 aromatic rings. The van der Waals surface area contributed by atoms with E-state index in [1.54, 1.807) is 54.6 Å². The molecule has 184 valence electrons. The molecule has 0 bridgehead atoms. The molecule has 0 aromatic heterocycles. The lowest BCUT2D eigenvalue weighted by molar-refractivity contribution is -0.123. The summed E-state index contributed by atoms with van der Waals surface area (Å²) in [6.45, 7) is 4.23. The number of amides is 2. The van der Waals surface area contributed by atoms with Crippen molar-refractivity contribution < 1.29 is 14.3 Å². The molecule has 8 heteroatoms. The Morgan fingerprint density at radius 1 is 1.06 bits per heavy atom. The summed E-state index contributed by atoms with van der Waals surface area (Å²) >= 11 is 5.88. The number of nitrogens with zero attached hydrogens (tertiary/aromatic N) is 2. The number of ether oxygens (including phenoxy) is 1. The van der Waals surface area contributed by atoms with Crippen LogP contribution >= 0.6 is 11.6 Å². The molecule has 0 spiro atoms. The largest absolute Gasteiger partial charge is 0.489 e. The molecule has 0 fully saturated rings. The first-order chi connectivity index (χ1) is 17.4. The highest BCUT2D eigenvalue weighted by atomic mass is 35.5. The fourth-order valence-electron chi connectivity index (χ4n) is 3.36. The van der Waals surface area contributed by atoms with Crippen LogP contribution in [0.4, 0.5) is 0 Å². The van der Waals surface area contributed by atoms with Gasteiger partial charge in [-0.2, -0.15) is 10.4 Å². The van der Waals surface area contributed by atoms with Crippen LogP contribution in [0, 0.1) is 17.2 Å². The molecule has 36 heavy (non-hydrogen) atoms.